The molecule has 0 radical (unpaired) electrons. The van der Waals surface area contributed by atoms with Crippen LogP contribution < -0.4 is 0 Å². The smallest absolute Gasteiger partial charge is 0.475 e. The van der Waals surface area contributed by atoms with Gasteiger partial charge in [0.2, 0.25) is 0 Å². The molecule has 1 spiro atoms. The number of aliphatic carboxylic acids is 2. The molecular formula is C24H25F6N3O7. The molecule has 40 heavy (non-hydrogen) atoms. The average Bonchev–Trinajstić information content (AvgIpc) is 3.29. The van der Waals surface area contributed by atoms with Crippen molar-refractivity contribution in [2.75, 3.05) is 19.7 Å². The molecule has 2 fully saturated rings. The number of nitrogens with zero attached hydrogens (tertiary/aromatic N) is 3. The number of rotatable bonds is 4. The lowest BCUT2D eigenvalue weighted by atomic mass is 9.89. The molecule has 220 valence electrons. The minimum absolute atomic E-state index is 0.0221. The summed E-state index contributed by atoms with van der Waals surface area (Å²) < 4.78 is 75.6. The van der Waals surface area contributed by atoms with Gasteiger partial charge < -0.3 is 24.6 Å². The molecule has 0 saturated carbocycles. The molecule has 0 bridgehead atoms. The number of hydrogen-bond donors (Lipinski definition) is 2. The Morgan fingerprint density at radius 1 is 0.975 bits per heavy atom. The van der Waals surface area contributed by atoms with Gasteiger partial charge in [-0.05, 0) is 37.1 Å². The summed E-state index contributed by atoms with van der Waals surface area (Å²) >= 11 is 0. The number of alkyl halides is 6. The van der Waals surface area contributed by atoms with Crippen molar-refractivity contribution < 1.29 is 60.4 Å². The van der Waals surface area contributed by atoms with Crippen LogP contribution in [0.4, 0.5) is 26.3 Å². The van der Waals surface area contributed by atoms with Gasteiger partial charge in [-0.25, -0.2) is 9.59 Å². The van der Waals surface area contributed by atoms with E-state index in [1.165, 1.54) is 0 Å². The summed E-state index contributed by atoms with van der Waals surface area (Å²) in [6.07, 6.45) is -3.99. The predicted molar refractivity (Wildman–Crippen MR) is 123 cm³/mol. The van der Waals surface area contributed by atoms with E-state index in [0.717, 1.165) is 31.5 Å². The van der Waals surface area contributed by atoms with Crippen LogP contribution in [-0.2, 0) is 25.7 Å². The van der Waals surface area contributed by atoms with Gasteiger partial charge >= 0.3 is 24.3 Å². The fourth-order valence-electron chi connectivity index (χ4n) is 3.80. The topological polar surface area (TPSA) is 139 Å². The fourth-order valence-corrected chi connectivity index (χ4v) is 3.80. The number of aromatic nitrogens is 2. The van der Waals surface area contributed by atoms with E-state index in [4.69, 9.17) is 29.3 Å². The third-order valence-corrected chi connectivity index (χ3v) is 5.56. The van der Waals surface area contributed by atoms with E-state index in [-0.39, 0.29) is 17.6 Å². The van der Waals surface area contributed by atoms with Crippen LogP contribution in [0.3, 0.4) is 0 Å². The van der Waals surface area contributed by atoms with Crippen LogP contribution in [0.25, 0.3) is 0 Å². The predicted octanol–water partition coefficient (Wildman–Crippen LogP) is 3.72. The lowest BCUT2D eigenvalue weighted by Gasteiger charge is -2.39. The first-order valence-electron chi connectivity index (χ1n) is 11.6. The van der Waals surface area contributed by atoms with Crippen molar-refractivity contribution in [2.45, 2.75) is 49.9 Å². The van der Waals surface area contributed by atoms with Gasteiger partial charge in [0, 0.05) is 25.4 Å². The lowest BCUT2D eigenvalue weighted by Crippen LogP contribution is -2.50. The maximum absolute atomic E-state index is 12.7. The number of carboxylic acids is 2. The zero-order valence-electron chi connectivity index (χ0n) is 20.7. The van der Waals surface area contributed by atoms with E-state index >= 15 is 0 Å². The second kappa shape index (κ2) is 14.0. The Morgan fingerprint density at radius 3 is 2.05 bits per heavy atom. The van der Waals surface area contributed by atoms with Gasteiger partial charge in [0.05, 0.1) is 37.2 Å². The van der Waals surface area contributed by atoms with E-state index in [9.17, 15) is 31.1 Å². The standard InChI is InChI=1S/C20H23N3O3.2C2HF3O2/c24-19(18-7-2-4-10-22-18)23-11-5-8-20(15-23)12-17(14-26-20)25-13-16-6-1-3-9-21-16;2*3-2(4,5)1(6)7/h1-4,6-7,9-10,17H,5,8,11-15H2;2*(H,6,7)/t17-,20+;;/m1../s1. The van der Waals surface area contributed by atoms with E-state index in [1.54, 1.807) is 18.5 Å². The highest BCUT2D eigenvalue weighted by atomic mass is 19.4. The van der Waals surface area contributed by atoms with E-state index in [1.807, 2.05) is 35.2 Å². The zero-order chi connectivity index (χ0) is 30.0. The Kier molecular flexibility index (Phi) is 11.4. The molecule has 0 aromatic carbocycles. The molecule has 2 N–H and O–H groups in total. The molecule has 2 atom stereocenters. The van der Waals surface area contributed by atoms with E-state index in [2.05, 4.69) is 9.97 Å². The summed E-state index contributed by atoms with van der Waals surface area (Å²) in [5.41, 5.74) is 1.12. The second-order valence-electron chi connectivity index (χ2n) is 8.60. The van der Waals surface area contributed by atoms with Gasteiger partial charge in [-0.1, -0.05) is 12.1 Å². The zero-order valence-corrected chi connectivity index (χ0v) is 20.7. The lowest BCUT2D eigenvalue weighted by molar-refractivity contribution is -0.193. The molecule has 0 unspecified atom stereocenters. The number of piperidine rings is 1. The van der Waals surface area contributed by atoms with Gasteiger partial charge in [-0.15, -0.1) is 0 Å². The van der Waals surface area contributed by atoms with Crippen molar-refractivity contribution in [3.63, 3.8) is 0 Å². The maximum Gasteiger partial charge on any atom is 0.490 e. The van der Waals surface area contributed by atoms with Crippen LogP contribution in [0.2, 0.25) is 0 Å². The summed E-state index contributed by atoms with van der Waals surface area (Å²) in [4.78, 5) is 40.8. The molecule has 4 rings (SSSR count). The first-order valence-corrected chi connectivity index (χ1v) is 11.6. The second-order valence-corrected chi connectivity index (χ2v) is 8.60. The van der Waals surface area contributed by atoms with E-state index < -0.39 is 24.3 Å². The van der Waals surface area contributed by atoms with Crippen molar-refractivity contribution in [1.82, 2.24) is 14.9 Å². The number of amides is 1. The van der Waals surface area contributed by atoms with E-state index in [0.29, 0.717) is 25.5 Å². The average molecular weight is 581 g/mol. The van der Waals surface area contributed by atoms with Gasteiger partial charge in [0.25, 0.3) is 5.91 Å². The molecule has 0 aliphatic carbocycles. The highest BCUT2D eigenvalue weighted by Gasteiger charge is 2.45. The Labute approximate surface area is 223 Å². The molecule has 16 heteroatoms. The van der Waals surface area contributed by atoms with Crippen LogP contribution in [0.1, 0.15) is 35.4 Å². The molecule has 2 aromatic rings. The molecular weight excluding hydrogens is 556 g/mol. The van der Waals surface area contributed by atoms with Crippen molar-refractivity contribution in [1.29, 1.82) is 0 Å². The number of hydrogen-bond acceptors (Lipinski definition) is 7. The van der Waals surface area contributed by atoms with Crippen LogP contribution in [0.15, 0.2) is 48.8 Å². The van der Waals surface area contributed by atoms with Crippen molar-refractivity contribution in [3.05, 3.63) is 60.2 Å². The van der Waals surface area contributed by atoms with Crippen molar-refractivity contribution in [2.24, 2.45) is 0 Å². The third-order valence-electron chi connectivity index (χ3n) is 5.56. The van der Waals surface area contributed by atoms with Gasteiger partial charge in [-0.3, -0.25) is 14.8 Å². The number of halogens is 6. The van der Waals surface area contributed by atoms with Crippen molar-refractivity contribution >= 4 is 17.8 Å². The summed E-state index contributed by atoms with van der Waals surface area (Å²) in [6.45, 7) is 2.41. The molecule has 4 heterocycles. The minimum Gasteiger partial charge on any atom is -0.475 e. The molecule has 2 aliphatic heterocycles. The summed E-state index contributed by atoms with van der Waals surface area (Å²) in [5, 5.41) is 14.2. The first kappa shape index (κ1) is 32.4. The maximum atomic E-state index is 12.7. The van der Waals surface area contributed by atoms with Gasteiger partial charge in [0.15, 0.2) is 0 Å². The monoisotopic (exact) mass is 581 g/mol. The van der Waals surface area contributed by atoms with Crippen molar-refractivity contribution in [3.8, 4) is 0 Å². The normalized spacial score (nSPS) is 20.6. The number of ether oxygens (including phenoxy) is 2. The number of carbonyl (C=O) groups excluding carboxylic acids is 1. The highest BCUT2D eigenvalue weighted by molar-refractivity contribution is 5.92. The largest absolute Gasteiger partial charge is 0.490 e. The van der Waals surface area contributed by atoms with Gasteiger partial charge in [-0.2, -0.15) is 26.3 Å². The molecule has 2 aliphatic rings. The van der Waals surface area contributed by atoms with Crippen LogP contribution in [-0.4, -0.2) is 86.7 Å². The summed E-state index contributed by atoms with van der Waals surface area (Å²) in [6, 6.07) is 11.2. The number of likely N-dealkylation sites (tertiary alicyclic amines) is 1. The Morgan fingerprint density at radius 2 is 1.55 bits per heavy atom. The SMILES string of the molecule is O=C(O)C(F)(F)F.O=C(O)C(F)(F)F.O=C(c1ccccn1)N1CCC[C@]2(C[C@@H](OCc3ccccn3)CO2)C1. The molecule has 2 saturated heterocycles. The Hall–Kier alpha value is -3.79. The van der Waals surface area contributed by atoms with Gasteiger partial charge in [0.1, 0.15) is 5.69 Å². The quantitative estimate of drug-likeness (QED) is 0.517. The minimum atomic E-state index is -5.08. The summed E-state index contributed by atoms with van der Waals surface area (Å²) in [5.74, 6) is -5.54. The van der Waals surface area contributed by atoms with Crippen LogP contribution in [0, 0.1) is 0 Å². The Bertz CT molecular complexity index is 1100. The summed E-state index contributed by atoms with van der Waals surface area (Å²) in [7, 11) is 0. The third kappa shape index (κ3) is 10.4. The Balaban J connectivity index is 0.000000333. The highest BCUT2D eigenvalue weighted by Crippen LogP contribution is 2.36. The first-order chi connectivity index (χ1) is 18.6. The number of pyridine rings is 2. The molecule has 2 aromatic heterocycles. The molecule has 10 nitrogen and oxygen atoms in total. The number of carbonyl (C=O) groups is 3. The van der Waals surface area contributed by atoms with Crippen LogP contribution in [0.5, 0.6) is 0 Å². The number of carboxylic acid groups (broad SMARTS) is 2. The molecule has 1 amide bonds. The fraction of sp³-hybridized carbons (Fsp3) is 0.458. The van der Waals surface area contributed by atoms with Crippen LogP contribution >= 0.6 is 0 Å².